The van der Waals surface area contributed by atoms with E-state index in [-0.39, 0.29) is 5.82 Å². The second kappa shape index (κ2) is 3.89. The van der Waals surface area contributed by atoms with Crippen molar-refractivity contribution in [3.63, 3.8) is 0 Å². The van der Waals surface area contributed by atoms with E-state index in [1.54, 1.807) is 23.9 Å². The van der Waals surface area contributed by atoms with Gasteiger partial charge in [-0.05, 0) is 29.9 Å². The second-order valence-corrected chi connectivity index (χ2v) is 4.87. The lowest BCUT2D eigenvalue weighted by atomic mass is 9.96. The third kappa shape index (κ3) is 2.27. The number of hydrogen-bond donors (Lipinski definition) is 0. The summed E-state index contributed by atoms with van der Waals surface area (Å²) < 4.78 is 26.8. The Labute approximate surface area is 86.7 Å². The molecule has 1 aliphatic rings. The number of benzene rings is 1. The van der Waals surface area contributed by atoms with Crippen LogP contribution in [0.3, 0.4) is 0 Å². The number of hydrogen-bond acceptors (Lipinski definition) is 1. The lowest BCUT2D eigenvalue weighted by Crippen LogP contribution is -2.25. The van der Waals surface area contributed by atoms with Crippen LogP contribution in [-0.2, 0) is 6.42 Å². The van der Waals surface area contributed by atoms with Gasteiger partial charge in [-0.25, -0.2) is 8.78 Å². The van der Waals surface area contributed by atoms with E-state index in [1.165, 1.54) is 12.1 Å². The van der Waals surface area contributed by atoms with E-state index < -0.39 is 5.67 Å². The summed E-state index contributed by atoms with van der Waals surface area (Å²) in [6.45, 7) is 0. The summed E-state index contributed by atoms with van der Waals surface area (Å²) in [7, 11) is 0. The molecule has 3 heteroatoms. The van der Waals surface area contributed by atoms with Gasteiger partial charge in [0.05, 0.1) is 0 Å². The van der Waals surface area contributed by atoms with Gasteiger partial charge in [-0.1, -0.05) is 12.1 Å². The van der Waals surface area contributed by atoms with Crippen LogP contribution < -0.4 is 0 Å². The molecule has 2 rings (SSSR count). The highest BCUT2D eigenvalue weighted by Gasteiger charge is 2.34. The predicted molar refractivity (Wildman–Crippen MR) is 55.9 cm³/mol. The fraction of sp³-hybridized carbons (Fsp3) is 0.455. The predicted octanol–water partition coefficient (Wildman–Crippen LogP) is 3.21. The minimum Gasteiger partial charge on any atom is -0.243 e. The average molecular weight is 214 g/mol. The summed E-state index contributed by atoms with van der Waals surface area (Å²) in [4.78, 5) is 0. The van der Waals surface area contributed by atoms with Gasteiger partial charge in [0.15, 0.2) is 0 Å². The van der Waals surface area contributed by atoms with Gasteiger partial charge in [0, 0.05) is 12.2 Å². The zero-order valence-electron chi connectivity index (χ0n) is 7.80. The van der Waals surface area contributed by atoms with Crippen LogP contribution in [-0.4, -0.2) is 17.2 Å². The molecule has 0 N–H and O–H groups in total. The van der Waals surface area contributed by atoms with E-state index in [4.69, 9.17) is 0 Å². The molecule has 1 aliphatic heterocycles. The molecule has 0 aromatic heterocycles. The third-order valence-corrected chi connectivity index (χ3v) is 3.68. The van der Waals surface area contributed by atoms with Crippen molar-refractivity contribution in [3.05, 3.63) is 35.6 Å². The molecule has 0 aliphatic carbocycles. The Morgan fingerprint density at radius 1 is 1.43 bits per heavy atom. The quantitative estimate of drug-likeness (QED) is 0.728. The minimum atomic E-state index is -1.11. The Bertz CT molecular complexity index is 319. The lowest BCUT2D eigenvalue weighted by molar-refractivity contribution is 0.199. The number of halogens is 2. The second-order valence-electron chi connectivity index (χ2n) is 3.76. The van der Waals surface area contributed by atoms with Crippen molar-refractivity contribution in [2.24, 2.45) is 0 Å². The molecule has 0 bridgehead atoms. The first-order valence-electron chi connectivity index (χ1n) is 4.69. The first-order valence-corrected chi connectivity index (χ1v) is 5.85. The Hall–Kier alpha value is -0.570. The standard InChI is InChI=1S/C11H12F2S/c12-10-3-1-2-9(6-10)7-11(13)4-5-14-8-11/h1-3,6H,4-5,7-8H2. The summed E-state index contributed by atoms with van der Waals surface area (Å²) >= 11 is 1.64. The lowest BCUT2D eigenvalue weighted by Gasteiger charge is -2.17. The monoisotopic (exact) mass is 214 g/mol. The maximum Gasteiger partial charge on any atom is 0.124 e. The van der Waals surface area contributed by atoms with Gasteiger partial charge in [0.1, 0.15) is 11.5 Å². The fourth-order valence-electron chi connectivity index (χ4n) is 1.73. The first kappa shape index (κ1) is 9.97. The SMILES string of the molecule is Fc1cccc(CC2(F)CCSC2)c1. The van der Waals surface area contributed by atoms with Gasteiger partial charge in [-0.2, -0.15) is 11.8 Å². The molecule has 1 aromatic carbocycles. The van der Waals surface area contributed by atoms with Crippen molar-refractivity contribution >= 4 is 11.8 Å². The molecule has 0 nitrogen and oxygen atoms in total. The molecular formula is C11H12F2S. The van der Waals surface area contributed by atoms with Crippen molar-refractivity contribution < 1.29 is 8.78 Å². The highest BCUT2D eigenvalue weighted by Crippen LogP contribution is 2.34. The normalized spacial score (nSPS) is 26.7. The molecule has 1 fully saturated rings. The fourth-order valence-corrected chi connectivity index (χ4v) is 3.00. The largest absolute Gasteiger partial charge is 0.243 e. The molecule has 0 saturated carbocycles. The van der Waals surface area contributed by atoms with Crippen molar-refractivity contribution in [1.82, 2.24) is 0 Å². The van der Waals surface area contributed by atoms with Crippen molar-refractivity contribution in [2.75, 3.05) is 11.5 Å². The van der Waals surface area contributed by atoms with Gasteiger partial charge < -0.3 is 0 Å². The zero-order valence-corrected chi connectivity index (χ0v) is 8.62. The highest BCUT2D eigenvalue weighted by molar-refractivity contribution is 7.99. The van der Waals surface area contributed by atoms with Crippen LogP contribution >= 0.6 is 11.8 Å². The van der Waals surface area contributed by atoms with E-state index in [2.05, 4.69) is 0 Å². The Morgan fingerprint density at radius 3 is 2.93 bits per heavy atom. The maximum absolute atomic E-state index is 14.0. The number of thioether (sulfide) groups is 1. The van der Waals surface area contributed by atoms with Crippen LogP contribution in [0.2, 0.25) is 0 Å². The highest BCUT2D eigenvalue weighted by atomic mass is 32.2. The van der Waals surface area contributed by atoms with Crippen LogP contribution in [0.15, 0.2) is 24.3 Å². The topological polar surface area (TPSA) is 0 Å². The van der Waals surface area contributed by atoms with Gasteiger partial charge in [-0.3, -0.25) is 0 Å². The molecule has 1 heterocycles. The van der Waals surface area contributed by atoms with E-state index in [1.807, 2.05) is 0 Å². The Kier molecular flexibility index (Phi) is 2.77. The molecule has 0 amide bonds. The summed E-state index contributed by atoms with van der Waals surface area (Å²) in [5.41, 5.74) is -0.353. The van der Waals surface area contributed by atoms with Crippen molar-refractivity contribution in [1.29, 1.82) is 0 Å². The van der Waals surface area contributed by atoms with E-state index in [9.17, 15) is 8.78 Å². The van der Waals surface area contributed by atoms with Crippen LogP contribution in [0.1, 0.15) is 12.0 Å². The Balaban J connectivity index is 2.10. The van der Waals surface area contributed by atoms with Gasteiger partial charge in [-0.15, -0.1) is 0 Å². The van der Waals surface area contributed by atoms with Crippen LogP contribution in [0.4, 0.5) is 8.78 Å². The van der Waals surface area contributed by atoms with Crippen LogP contribution in [0, 0.1) is 5.82 Å². The summed E-state index contributed by atoms with van der Waals surface area (Å²) in [5.74, 6) is 1.15. The summed E-state index contributed by atoms with van der Waals surface area (Å²) in [6.07, 6.45) is 0.936. The maximum atomic E-state index is 14.0. The molecule has 1 unspecified atom stereocenters. The molecule has 1 aromatic rings. The molecule has 0 radical (unpaired) electrons. The van der Waals surface area contributed by atoms with Gasteiger partial charge in [0.25, 0.3) is 0 Å². The molecular weight excluding hydrogens is 202 g/mol. The molecule has 76 valence electrons. The van der Waals surface area contributed by atoms with E-state index >= 15 is 0 Å². The van der Waals surface area contributed by atoms with E-state index in [0.717, 1.165) is 11.3 Å². The van der Waals surface area contributed by atoms with Gasteiger partial charge in [0.2, 0.25) is 0 Å². The number of alkyl halides is 1. The third-order valence-electron chi connectivity index (χ3n) is 2.47. The van der Waals surface area contributed by atoms with Crippen molar-refractivity contribution in [3.8, 4) is 0 Å². The molecule has 14 heavy (non-hydrogen) atoms. The molecule has 1 saturated heterocycles. The van der Waals surface area contributed by atoms with E-state index in [0.29, 0.717) is 18.6 Å². The number of rotatable bonds is 2. The smallest absolute Gasteiger partial charge is 0.124 e. The molecule has 1 atom stereocenters. The molecule has 0 spiro atoms. The van der Waals surface area contributed by atoms with Gasteiger partial charge >= 0.3 is 0 Å². The van der Waals surface area contributed by atoms with Crippen LogP contribution in [0.25, 0.3) is 0 Å². The zero-order chi connectivity index (χ0) is 10.0. The van der Waals surface area contributed by atoms with Crippen LogP contribution in [0.5, 0.6) is 0 Å². The first-order chi connectivity index (χ1) is 6.68. The summed E-state index contributed by atoms with van der Waals surface area (Å²) in [5, 5.41) is 0. The average Bonchev–Trinajstić information content (AvgIpc) is 2.51. The van der Waals surface area contributed by atoms with Crippen molar-refractivity contribution in [2.45, 2.75) is 18.5 Å². The Morgan fingerprint density at radius 2 is 2.29 bits per heavy atom. The minimum absolute atomic E-state index is 0.281. The summed E-state index contributed by atoms with van der Waals surface area (Å²) in [6, 6.07) is 6.23.